The van der Waals surface area contributed by atoms with Gasteiger partial charge in [-0.15, -0.1) is 0 Å². The van der Waals surface area contributed by atoms with Crippen molar-refractivity contribution in [1.29, 1.82) is 0 Å². The van der Waals surface area contributed by atoms with Gasteiger partial charge in [0, 0.05) is 48.1 Å². The average molecular weight is 471 g/mol. The minimum atomic E-state index is -0.514. The Hall–Kier alpha value is -3.10. The standard InChI is InChI=1S/C24H24ClFN4O3/c1-14-3-5-19-22(30(14)24(31)32-2)8-6-18(15-10-28-29(13-15)16-11-27-12-16)23(19)33-17-4-7-21(26)20(25)9-17/h4,6-10,13-14,16,27H,3,5,11-12H2,1-2H3/t14-/m0/s1. The number of amides is 1. The normalized spacial score (nSPS) is 17.9. The van der Waals surface area contributed by atoms with E-state index in [1.165, 1.54) is 25.3 Å². The van der Waals surface area contributed by atoms with Gasteiger partial charge in [-0.3, -0.25) is 9.58 Å². The minimum Gasteiger partial charge on any atom is -0.456 e. The van der Waals surface area contributed by atoms with Crippen LogP contribution in [0.25, 0.3) is 11.1 Å². The van der Waals surface area contributed by atoms with Crippen molar-refractivity contribution in [2.75, 3.05) is 25.1 Å². The van der Waals surface area contributed by atoms with Crippen LogP contribution in [0.5, 0.6) is 11.5 Å². The first-order chi connectivity index (χ1) is 16.0. The SMILES string of the molecule is COC(=O)N1c2ccc(-c3cnn(C4CNC4)c3)c(Oc3ccc(F)c(Cl)c3)c2CC[C@@H]1C. The molecule has 1 aromatic heterocycles. The highest BCUT2D eigenvalue weighted by atomic mass is 35.5. The molecule has 1 fully saturated rings. The number of carbonyl (C=O) groups is 1. The number of halogens is 2. The van der Waals surface area contributed by atoms with Crippen LogP contribution in [0, 0.1) is 5.82 Å². The Kier molecular flexibility index (Phi) is 5.72. The smallest absolute Gasteiger partial charge is 0.414 e. The van der Waals surface area contributed by atoms with E-state index in [9.17, 15) is 9.18 Å². The van der Waals surface area contributed by atoms with Crippen LogP contribution in [0.4, 0.5) is 14.9 Å². The van der Waals surface area contributed by atoms with E-state index in [1.807, 2.05) is 36.1 Å². The van der Waals surface area contributed by atoms with Crippen LogP contribution in [-0.2, 0) is 11.2 Å². The molecule has 2 aliphatic rings. The predicted octanol–water partition coefficient (Wildman–Crippen LogP) is 5.19. The van der Waals surface area contributed by atoms with E-state index in [1.54, 1.807) is 4.90 Å². The molecule has 3 heterocycles. The molecule has 7 nitrogen and oxygen atoms in total. The molecule has 0 unspecified atom stereocenters. The number of nitrogens with zero attached hydrogens (tertiary/aromatic N) is 3. The molecule has 0 bridgehead atoms. The summed E-state index contributed by atoms with van der Waals surface area (Å²) in [6.07, 6.45) is 4.86. The molecule has 33 heavy (non-hydrogen) atoms. The van der Waals surface area contributed by atoms with Crippen molar-refractivity contribution in [2.24, 2.45) is 0 Å². The van der Waals surface area contributed by atoms with Gasteiger partial charge in [0.2, 0.25) is 0 Å². The van der Waals surface area contributed by atoms with Crippen LogP contribution in [0.1, 0.15) is 24.9 Å². The average Bonchev–Trinajstić information content (AvgIpc) is 3.23. The second-order valence-corrected chi connectivity index (χ2v) is 8.77. The summed E-state index contributed by atoms with van der Waals surface area (Å²) >= 11 is 6.00. The summed E-state index contributed by atoms with van der Waals surface area (Å²) in [7, 11) is 1.37. The lowest BCUT2D eigenvalue weighted by atomic mass is 9.92. The van der Waals surface area contributed by atoms with Gasteiger partial charge in [0.25, 0.3) is 0 Å². The number of hydrogen-bond acceptors (Lipinski definition) is 5. The summed E-state index contributed by atoms with van der Waals surface area (Å²) in [6.45, 7) is 3.76. The monoisotopic (exact) mass is 470 g/mol. The van der Waals surface area contributed by atoms with Crippen molar-refractivity contribution in [3.05, 3.63) is 59.1 Å². The van der Waals surface area contributed by atoms with Crippen LogP contribution >= 0.6 is 11.6 Å². The molecule has 1 N–H and O–H groups in total. The molecule has 3 aromatic rings. The van der Waals surface area contributed by atoms with Gasteiger partial charge < -0.3 is 14.8 Å². The Balaban J connectivity index is 1.63. The minimum absolute atomic E-state index is 0.0159. The number of carbonyl (C=O) groups excluding carboxylic acids is 1. The number of hydrogen-bond donors (Lipinski definition) is 1. The first-order valence-electron chi connectivity index (χ1n) is 10.9. The van der Waals surface area contributed by atoms with E-state index in [0.717, 1.165) is 41.9 Å². The molecule has 1 saturated heterocycles. The van der Waals surface area contributed by atoms with Crippen LogP contribution in [-0.4, -0.2) is 42.1 Å². The Morgan fingerprint density at radius 2 is 2.09 bits per heavy atom. The second-order valence-electron chi connectivity index (χ2n) is 8.37. The van der Waals surface area contributed by atoms with Crippen molar-refractivity contribution in [3.63, 3.8) is 0 Å². The zero-order valence-electron chi connectivity index (χ0n) is 18.3. The number of methoxy groups -OCH3 is 1. The van der Waals surface area contributed by atoms with Gasteiger partial charge in [-0.25, -0.2) is 9.18 Å². The predicted molar refractivity (Wildman–Crippen MR) is 124 cm³/mol. The van der Waals surface area contributed by atoms with Crippen molar-refractivity contribution < 1.29 is 18.7 Å². The largest absolute Gasteiger partial charge is 0.456 e. The molecule has 9 heteroatoms. The molecular formula is C24H24ClFN4O3. The summed E-state index contributed by atoms with van der Waals surface area (Å²) in [5.41, 5.74) is 3.36. The number of ether oxygens (including phenoxy) is 2. The Morgan fingerprint density at radius 3 is 2.79 bits per heavy atom. The zero-order valence-corrected chi connectivity index (χ0v) is 19.1. The van der Waals surface area contributed by atoms with Crippen molar-refractivity contribution in [1.82, 2.24) is 15.1 Å². The number of nitrogens with one attached hydrogen (secondary N) is 1. The van der Waals surface area contributed by atoms with Crippen LogP contribution in [0.15, 0.2) is 42.7 Å². The Morgan fingerprint density at radius 1 is 1.27 bits per heavy atom. The molecule has 172 valence electrons. The molecule has 1 amide bonds. The summed E-state index contributed by atoms with van der Waals surface area (Å²) in [5.74, 6) is 0.498. The van der Waals surface area contributed by atoms with E-state index >= 15 is 0 Å². The highest BCUT2D eigenvalue weighted by molar-refractivity contribution is 6.30. The zero-order chi connectivity index (χ0) is 23.1. The highest BCUT2D eigenvalue weighted by Crippen LogP contribution is 2.45. The van der Waals surface area contributed by atoms with Crippen molar-refractivity contribution in [2.45, 2.75) is 31.8 Å². The molecule has 0 radical (unpaired) electrons. The lowest BCUT2D eigenvalue weighted by Gasteiger charge is -2.35. The summed E-state index contributed by atoms with van der Waals surface area (Å²) in [4.78, 5) is 14.2. The molecule has 5 rings (SSSR count). The first-order valence-corrected chi connectivity index (χ1v) is 11.2. The molecule has 0 spiro atoms. The van der Waals surface area contributed by atoms with E-state index in [2.05, 4.69) is 10.4 Å². The van der Waals surface area contributed by atoms with Gasteiger partial charge in [0.05, 0.1) is 30.1 Å². The van der Waals surface area contributed by atoms with Gasteiger partial charge in [-0.2, -0.15) is 5.10 Å². The quantitative estimate of drug-likeness (QED) is 0.568. The molecule has 2 aromatic carbocycles. The van der Waals surface area contributed by atoms with Gasteiger partial charge in [-0.05, 0) is 44.0 Å². The molecule has 2 aliphatic heterocycles. The van der Waals surface area contributed by atoms with Gasteiger partial charge in [0.1, 0.15) is 17.3 Å². The fraction of sp³-hybridized carbons (Fsp3) is 0.333. The molecule has 0 saturated carbocycles. The Bertz CT molecular complexity index is 1210. The molecular weight excluding hydrogens is 447 g/mol. The number of fused-ring (bicyclic) bond motifs is 1. The van der Waals surface area contributed by atoms with Gasteiger partial charge in [0.15, 0.2) is 0 Å². The van der Waals surface area contributed by atoms with Gasteiger partial charge >= 0.3 is 6.09 Å². The maximum absolute atomic E-state index is 13.7. The topological polar surface area (TPSA) is 68.6 Å². The maximum atomic E-state index is 13.7. The lowest BCUT2D eigenvalue weighted by Crippen LogP contribution is -2.43. The number of rotatable bonds is 4. The number of anilines is 1. The van der Waals surface area contributed by atoms with Crippen molar-refractivity contribution >= 4 is 23.4 Å². The maximum Gasteiger partial charge on any atom is 0.414 e. The third-order valence-corrected chi connectivity index (χ3v) is 6.57. The Labute approximate surface area is 196 Å². The van der Waals surface area contributed by atoms with Gasteiger partial charge in [-0.1, -0.05) is 11.6 Å². The molecule has 1 atom stereocenters. The number of aromatic nitrogens is 2. The fourth-order valence-electron chi connectivity index (χ4n) is 4.32. The van der Waals surface area contributed by atoms with Crippen LogP contribution < -0.4 is 15.0 Å². The van der Waals surface area contributed by atoms with E-state index in [0.29, 0.717) is 24.0 Å². The second kappa shape index (κ2) is 8.68. The number of benzene rings is 2. The lowest BCUT2D eigenvalue weighted by molar-refractivity contribution is 0.175. The van der Waals surface area contributed by atoms with Crippen LogP contribution in [0.2, 0.25) is 5.02 Å². The fourth-order valence-corrected chi connectivity index (χ4v) is 4.49. The van der Waals surface area contributed by atoms with Crippen molar-refractivity contribution in [3.8, 4) is 22.6 Å². The van der Waals surface area contributed by atoms with E-state index in [4.69, 9.17) is 21.1 Å². The summed E-state index contributed by atoms with van der Waals surface area (Å²) in [6, 6.07) is 8.42. The third kappa shape index (κ3) is 3.94. The van der Waals surface area contributed by atoms with E-state index in [-0.39, 0.29) is 11.1 Å². The van der Waals surface area contributed by atoms with Crippen LogP contribution in [0.3, 0.4) is 0 Å². The molecule has 0 aliphatic carbocycles. The first kappa shape index (κ1) is 21.7. The summed E-state index contributed by atoms with van der Waals surface area (Å²) < 4.78 is 27.0. The highest BCUT2D eigenvalue weighted by Gasteiger charge is 2.32. The summed E-state index contributed by atoms with van der Waals surface area (Å²) in [5, 5.41) is 7.77. The van der Waals surface area contributed by atoms with E-state index < -0.39 is 11.9 Å². The third-order valence-electron chi connectivity index (χ3n) is 6.28.